The van der Waals surface area contributed by atoms with Gasteiger partial charge in [0, 0.05) is 51.4 Å². The summed E-state index contributed by atoms with van der Waals surface area (Å²) >= 11 is 0. The average Bonchev–Trinajstić information content (AvgIpc) is 3.32. The molecule has 158 valence electrons. The van der Waals surface area contributed by atoms with Gasteiger partial charge in [0.25, 0.3) is 0 Å². The second-order valence-corrected chi connectivity index (χ2v) is 6.53. The maximum atomic E-state index is 5.68. The van der Waals surface area contributed by atoms with Crippen LogP contribution in [-0.2, 0) is 17.7 Å². The van der Waals surface area contributed by atoms with E-state index in [2.05, 4.69) is 50.0 Å². The van der Waals surface area contributed by atoms with Crippen LogP contribution in [0, 0.1) is 0 Å². The van der Waals surface area contributed by atoms with Gasteiger partial charge in [-0.15, -0.1) is 0 Å². The average molecular weight is 409 g/mol. The SMILES string of the molecule is CN=C(NCCc1ccc(-n2cccn2)cc1)NCc1cccnc1OCCOC. The number of rotatable bonds is 10. The van der Waals surface area contributed by atoms with E-state index in [4.69, 9.17) is 9.47 Å². The Bertz CT molecular complexity index is 910. The van der Waals surface area contributed by atoms with E-state index in [1.54, 1.807) is 26.6 Å². The third kappa shape index (κ3) is 6.31. The van der Waals surface area contributed by atoms with Gasteiger partial charge in [-0.3, -0.25) is 4.99 Å². The Kier molecular flexibility index (Phi) is 8.23. The first-order valence-corrected chi connectivity index (χ1v) is 9.89. The monoisotopic (exact) mass is 408 g/mol. The number of hydrogen-bond donors (Lipinski definition) is 2. The number of pyridine rings is 1. The molecule has 8 heteroatoms. The quantitative estimate of drug-likeness (QED) is 0.304. The first kappa shape index (κ1) is 21.3. The zero-order chi connectivity index (χ0) is 21.0. The third-order valence-electron chi connectivity index (χ3n) is 4.46. The molecule has 3 rings (SSSR count). The lowest BCUT2D eigenvalue weighted by molar-refractivity contribution is 0.143. The highest BCUT2D eigenvalue weighted by molar-refractivity contribution is 5.79. The maximum absolute atomic E-state index is 5.68. The number of benzene rings is 1. The van der Waals surface area contributed by atoms with Crippen LogP contribution in [0.2, 0.25) is 0 Å². The van der Waals surface area contributed by atoms with E-state index in [1.165, 1.54) is 5.56 Å². The molecule has 0 saturated heterocycles. The molecular weight excluding hydrogens is 380 g/mol. The molecule has 30 heavy (non-hydrogen) atoms. The van der Waals surface area contributed by atoms with Gasteiger partial charge in [0.05, 0.1) is 12.3 Å². The van der Waals surface area contributed by atoms with Crippen LogP contribution >= 0.6 is 0 Å². The van der Waals surface area contributed by atoms with E-state index in [-0.39, 0.29) is 0 Å². The zero-order valence-electron chi connectivity index (χ0n) is 17.4. The van der Waals surface area contributed by atoms with Crippen molar-refractivity contribution in [1.29, 1.82) is 0 Å². The second-order valence-electron chi connectivity index (χ2n) is 6.53. The summed E-state index contributed by atoms with van der Waals surface area (Å²) < 4.78 is 12.5. The van der Waals surface area contributed by atoms with Gasteiger partial charge in [-0.25, -0.2) is 9.67 Å². The minimum Gasteiger partial charge on any atom is -0.475 e. The minimum absolute atomic E-state index is 0.465. The number of hydrogen-bond acceptors (Lipinski definition) is 5. The second kappa shape index (κ2) is 11.6. The van der Waals surface area contributed by atoms with Crippen molar-refractivity contribution in [2.24, 2.45) is 4.99 Å². The molecule has 0 fully saturated rings. The first-order chi connectivity index (χ1) is 14.8. The van der Waals surface area contributed by atoms with Gasteiger partial charge in [0.15, 0.2) is 5.96 Å². The van der Waals surface area contributed by atoms with E-state index in [1.807, 2.05) is 29.1 Å². The molecule has 0 radical (unpaired) electrons. The van der Waals surface area contributed by atoms with Crippen molar-refractivity contribution in [3.8, 4) is 11.6 Å². The summed E-state index contributed by atoms with van der Waals surface area (Å²) in [4.78, 5) is 8.59. The van der Waals surface area contributed by atoms with Crippen LogP contribution < -0.4 is 15.4 Å². The standard InChI is InChI=1S/C22H28N6O2/c1-23-22(26-17-19-5-3-11-24-21(19)30-16-15-29-2)25-13-10-18-6-8-20(9-7-18)28-14-4-12-27-28/h3-9,11-12,14H,10,13,15-17H2,1-2H3,(H2,23,25,26). The van der Waals surface area contributed by atoms with Crippen molar-refractivity contribution >= 4 is 5.96 Å². The first-order valence-electron chi connectivity index (χ1n) is 9.89. The predicted octanol–water partition coefficient (Wildman–Crippen LogP) is 2.20. The predicted molar refractivity (Wildman–Crippen MR) is 117 cm³/mol. The number of nitrogens with one attached hydrogen (secondary N) is 2. The lowest BCUT2D eigenvalue weighted by atomic mass is 10.1. The topological polar surface area (TPSA) is 85.6 Å². The number of nitrogens with zero attached hydrogens (tertiary/aromatic N) is 4. The van der Waals surface area contributed by atoms with Crippen molar-refractivity contribution in [2.75, 3.05) is 33.9 Å². The molecule has 3 aromatic rings. The smallest absolute Gasteiger partial charge is 0.218 e. The van der Waals surface area contributed by atoms with E-state index in [9.17, 15) is 0 Å². The van der Waals surface area contributed by atoms with Crippen LogP contribution in [-0.4, -0.2) is 54.6 Å². The van der Waals surface area contributed by atoms with Gasteiger partial charge in [-0.2, -0.15) is 5.10 Å². The lowest BCUT2D eigenvalue weighted by Crippen LogP contribution is -2.38. The summed E-state index contributed by atoms with van der Waals surface area (Å²) in [5.41, 5.74) is 3.26. The Morgan fingerprint density at radius 1 is 1.07 bits per heavy atom. The van der Waals surface area contributed by atoms with Crippen LogP contribution in [0.1, 0.15) is 11.1 Å². The Morgan fingerprint density at radius 2 is 1.93 bits per heavy atom. The highest BCUT2D eigenvalue weighted by Gasteiger charge is 2.06. The molecule has 0 aliphatic carbocycles. The largest absolute Gasteiger partial charge is 0.475 e. The van der Waals surface area contributed by atoms with Crippen molar-refractivity contribution < 1.29 is 9.47 Å². The Morgan fingerprint density at radius 3 is 2.67 bits per heavy atom. The molecule has 0 saturated carbocycles. The summed E-state index contributed by atoms with van der Waals surface area (Å²) in [6.45, 7) is 2.32. The fourth-order valence-electron chi connectivity index (χ4n) is 2.87. The molecule has 0 unspecified atom stereocenters. The Hall–Kier alpha value is -3.39. The third-order valence-corrected chi connectivity index (χ3v) is 4.46. The Balaban J connectivity index is 1.45. The van der Waals surface area contributed by atoms with Crippen LogP contribution in [0.15, 0.2) is 66.0 Å². The van der Waals surface area contributed by atoms with Gasteiger partial charge in [-0.1, -0.05) is 18.2 Å². The maximum Gasteiger partial charge on any atom is 0.218 e. The Labute approximate surface area is 177 Å². The van der Waals surface area contributed by atoms with Gasteiger partial charge in [0.1, 0.15) is 6.61 Å². The molecule has 2 heterocycles. The molecule has 2 N–H and O–H groups in total. The summed E-state index contributed by atoms with van der Waals surface area (Å²) in [6, 6.07) is 14.2. The summed E-state index contributed by atoms with van der Waals surface area (Å²) in [5, 5.41) is 10.9. The highest BCUT2D eigenvalue weighted by atomic mass is 16.5. The van der Waals surface area contributed by atoms with Crippen molar-refractivity contribution in [3.05, 3.63) is 72.2 Å². The van der Waals surface area contributed by atoms with E-state index >= 15 is 0 Å². The molecule has 8 nitrogen and oxygen atoms in total. The number of aliphatic imine (C=N–C) groups is 1. The van der Waals surface area contributed by atoms with Gasteiger partial charge in [0.2, 0.25) is 5.88 Å². The molecule has 1 aromatic carbocycles. The number of aromatic nitrogens is 3. The molecule has 0 spiro atoms. The van der Waals surface area contributed by atoms with Crippen LogP contribution in [0.5, 0.6) is 5.88 Å². The molecule has 0 bridgehead atoms. The molecule has 2 aromatic heterocycles. The normalized spacial score (nSPS) is 11.3. The fourth-order valence-corrected chi connectivity index (χ4v) is 2.87. The summed E-state index contributed by atoms with van der Waals surface area (Å²) in [5.74, 6) is 1.34. The summed E-state index contributed by atoms with van der Waals surface area (Å²) in [7, 11) is 3.40. The minimum atomic E-state index is 0.465. The molecule has 0 atom stereocenters. The lowest BCUT2D eigenvalue weighted by Gasteiger charge is -2.14. The molecule has 0 aliphatic heterocycles. The van der Waals surface area contributed by atoms with Crippen molar-refractivity contribution in [3.63, 3.8) is 0 Å². The van der Waals surface area contributed by atoms with E-state index in [0.29, 0.717) is 25.6 Å². The molecule has 0 amide bonds. The fraction of sp³-hybridized carbons (Fsp3) is 0.318. The van der Waals surface area contributed by atoms with Crippen molar-refractivity contribution in [2.45, 2.75) is 13.0 Å². The number of methoxy groups -OCH3 is 1. The van der Waals surface area contributed by atoms with Gasteiger partial charge < -0.3 is 20.1 Å². The van der Waals surface area contributed by atoms with Crippen LogP contribution in [0.3, 0.4) is 0 Å². The number of guanidine groups is 1. The summed E-state index contributed by atoms with van der Waals surface area (Å²) in [6.07, 6.45) is 6.31. The molecule has 0 aliphatic rings. The van der Waals surface area contributed by atoms with Gasteiger partial charge >= 0.3 is 0 Å². The number of ether oxygens (including phenoxy) is 2. The van der Waals surface area contributed by atoms with E-state index in [0.717, 1.165) is 30.2 Å². The zero-order valence-corrected chi connectivity index (χ0v) is 17.4. The highest BCUT2D eigenvalue weighted by Crippen LogP contribution is 2.14. The van der Waals surface area contributed by atoms with Crippen LogP contribution in [0.4, 0.5) is 0 Å². The van der Waals surface area contributed by atoms with Crippen LogP contribution in [0.25, 0.3) is 5.69 Å². The van der Waals surface area contributed by atoms with E-state index < -0.39 is 0 Å². The molecular formula is C22H28N6O2. The van der Waals surface area contributed by atoms with Crippen molar-refractivity contribution in [1.82, 2.24) is 25.4 Å². The van der Waals surface area contributed by atoms with Gasteiger partial charge in [-0.05, 0) is 36.2 Å².